The molecule has 0 heterocycles. The van der Waals surface area contributed by atoms with Crippen LogP contribution in [0.1, 0.15) is 25.7 Å². The van der Waals surface area contributed by atoms with Crippen LogP contribution in [0.5, 0.6) is 0 Å². The summed E-state index contributed by atoms with van der Waals surface area (Å²) in [5, 5.41) is 24.0. The molecule has 0 aromatic carbocycles. The van der Waals surface area contributed by atoms with E-state index >= 15 is 0 Å². The molecule has 0 unspecified atom stereocenters. The minimum Gasteiger partial charge on any atom is -0.481 e. The molecular formula is C6H13NO5. The van der Waals surface area contributed by atoms with E-state index in [1.165, 1.54) is 0 Å². The van der Waals surface area contributed by atoms with Gasteiger partial charge in [-0.05, 0) is 12.8 Å². The van der Waals surface area contributed by atoms with Crippen molar-refractivity contribution in [2.75, 3.05) is 6.61 Å². The van der Waals surface area contributed by atoms with Crippen LogP contribution in [0.4, 0.5) is 0 Å². The van der Waals surface area contributed by atoms with Crippen molar-refractivity contribution >= 4 is 5.97 Å². The lowest BCUT2D eigenvalue weighted by Crippen LogP contribution is -2.14. The molecule has 0 aliphatic heterocycles. The number of nitrogens with zero attached hydrogens (tertiary/aromatic N) is 1. The number of hydrogen-bond donors (Lipinski definition) is 3. The van der Waals surface area contributed by atoms with Gasteiger partial charge in [0.15, 0.2) is 0 Å². The summed E-state index contributed by atoms with van der Waals surface area (Å²) in [5.41, 5.74) is 0. The van der Waals surface area contributed by atoms with E-state index in [9.17, 15) is 4.79 Å². The molecule has 0 saturated carbocycles. The van der Waals surface area contributed by atoms with Crippen molar-refractivity contribution in [2.45, 2.75) is 25.7 Å². The molecule has 3 N–H and O–H groups in total. The fraction of sp³-hybridized carbons (Fsp3) is 0.833. The van der Waals surface area contributed by atoms with Crippen LogP contribution >= 0.6 is 0 Å². The molecule has 0 aromatic heterocycles. The highest BCUT2D eigenvalue weighted by atomic mass is 17.1. The minimum absolute atomic E-state index is 0.141. The van der Waals surface area contributed by atoms with Crippen molar-refractivity contribution in [3.8, 4) is 0 Å². The first-order valence-electron chi connectivity index (χ1n) is 3.65. The molecule has 0 radical (unpaired) electrons. The molecule has 0 aromatic rings. The summed E-state index contributed by atoms with van der Waals surface area (Å²) in [5.74, 6) is -0.818. The molecule has 0 spiro atoms. The Morgan fingerprint density at radius 3 is 2.42 bits per heavy atom. The van der Waals surface area contributed by atoms with E-state index in [0.29, 0.717) is 19.3 Å². The molecule has 0 aliphatic rings. The quantitative estimate of drug-likeness (QED) is 0.392. The predicted molar refractivity (Wildman–Crippen MR) is 37.5 cm³/mol. The van der Waals surface area contributed by atoms with Crippen LogP contribution < -0.4 is 0 Å². The van der Waals surface area contributed by atoms with E-state index in [2.05, 4.69) is 4.84 Å². The van der Waals surface area contributed by atoms with Crippen molar-refractivity contribution in [3.05, 3.63) is 0 Å². The molecule has 0 bridgehead atoms. The molecule has 0 amide bonds. The van der Waals surface area contributed by atoms with Crippen molar-refractivity contribution in [2.24, 2.45) is 0 Å². The summed E-state index contributed by atoms with van der Waals surface area (Å²) >= 11 is 0. The molecule has 72 valence electrons. The van der Waals surface area contributed by atoms with E-state index in [4.69, 9.17) is 15.5 Å². The third-order valence-corrected chi connectivity index (χ3v) is 1.24. The SMILES string of the molecule is O=C(O)CCCCCON(O)O. The summed E-state index contributed by atoms with van der Waals surface area (Å²) in [6, 6.07) is 0. The van der Waals surface area contributed by atoms with Gasteiger partial charge in [-0.25, -0.2) is 0 Å². The summed E-state index contributed by atoms with van der Waals surface area (Å²) in [6.45, 7) is 0.173. The lowest BCUT2D eigenvalue weighted by Gasteiger charge is -2.04. The molecule has 6 nitrogen and oxygen atoms in total. The van der Waals surface area contributed by atoms with Crippen molar-refractivity contribution in [1.29, 1.82) is 0 Å². The predicted octanol–water partition coefficient (Wildman–Crippen LogP) is 0.643. The van der Waals surface area contributed by atoms with Gasteiger partial charge in [0.25, 0.3) is 0 Å². The van der Waals surface area contributed by atoms with Gasteiger partial charge >= 0.3 is 5.97 Å². The Bertz CT molecular complexity index is 127. The standard InChI is InChI=1S/C6H13NO5/c8-6(9)4-2-1-3-5-12-7(10)11/h10-11H,1-5H2,(H,8,9). The van der Waals surface area contributed by atoms with Gasteiger partial charge in [0.1, 0.15) is 0 Å². The van der Waals surface area contributed by atoms with Crippen molar-refractivity contribution < 1.29 is 25.2 Å². The summed E-state index contributed by atoms with van der Waals surface area (Å²) in [6.07, 6.45) is 2.02. The van der Waals surface area contributed by atoms with Crippen LogP contribution in [0.3, 0.4) is 0 Å². The van der Waals surface area contributed by atoms with Gasteiger partial charge in [-0.1, -0.05) is 6.42 Å². The van der Waals surface area contributed by atoms with Crippen LogP contribution in [-0.2, 0) is 9.63 Å². The second kappa shape index (κ2) is 6.99. The Hall–Kier alpha value is -0.690. The van der Waals surface area contributed by atoms with Crippen molar-refractivity contribution in [1.82, 2.24) is 5.39 Å². The third-order valence-electron chi connectivity index (χ3n) is 1.24. The first-order valence-corrected chi connectivity index (χ1v) is 3.65. The molecule has 0 saturated heterocycles. The minimum atomic E-state index is -0.818. The average molecular weight is 179 g/mol. The normalized spacial score (nSPS) is 10.6. The number of hydrogen-bond acceptors (Lipinski definition) is 5. The van der Waals surface area contributed by atoms with Crippen molar-refractivity contribution in [3.63, 3.8) is 0 Å². The molecule has 0 aliphatic carbocycles. The second-order valence-corrected chi connectivity index (χ2v) is 2.29. The zero-order valence-electron chi connectivity index (χ0n) is 6.64. The van der Waals surface area contributed by atoms with E-state index < -0.39 is 5.97 Å². The van der Waals surface area contributed by atoms with Crippen LogP contribution in [0.2, 0.25) is 0 Å². The van der Waals surface area contributed by atoms with Crippen LogP contribution in [-0.4, -0.2) is 33.5 Å². The highest BCUT2D eigenvalue weighted by Gasteiger charge is 1.97. The fourth-order valence-electron chi connectivity index (χ4n) is 0.701. The maximum Gasteiger partial charge on any atom is 0.303 e. The summed E-state index contributed by atoms with van der Waals surface area (Å²) in [7, 11) is 0. The number of rotatable bonds is 7. The maximum absolute atomic E-state index is 10.0. The van der Waals surface area contributed by atoms with Gasteiger partial charge in [0, 0.05) is 6.42 Å². The third kappa shape index (κ3) is 9.31. The van der Waals surface area contributed by atoms with E-state index in [0.717, 1.165) is 0 Å². The smallest absolute Gasteiger partial charge is 0.303 e. The van der Waals surface area contributed by atoms with Crippen LogP contribution in [0.25, 0.3) is 0 Å². The average Bonchev–Trinajstić information content (AvgIpc) is 1.95. The van der Waals surface area contributed by atoms with E-state index in [1.54, 1.807) is 0 Å². The van der Waals surface area contributed by atoms with E-state index in [1.807, 2.05) is 0 Å². The van der Waals surface area contributed by atoms with Crippen LogP contribution in [0.15, 0.2) is 0 Å². The molecule has 12 heavy (non-hydrogen) atoms. The van der Waals surface area contributed by atoms with Gasteiger partial charge in [0.2, 0.25) is 0 Å². The Balaban J connectivity index is 2.96. The Kier molecular flexibility index (Phi) is 6.58. The number of carboxylic acid groups (broad SMARTS) is 1. The van der Waals surface area contributed by atoms with E-state index in [-0.39, 0.29) is 18.4 Å². The Morgan fingerprint density at radius 1 is 1.25 bits per heavy atom. The first-order chi connectivity index (χ1) is 5.63. The maximum atomic E-state index is 10.0. The second-order valence-electron chi connectivity index (χ2n) is 2.29. The monoisotopic (exact) mass is 179 g/mol. The zero-order chi connectivity index (χ0) is 9.40. The molecule has 0 fully saturated rings. The molecule has 0 rings (SSSR count). The van der Waals surface area contributed by atoms with Gasteiger partial charge in [-0.3, -0.25) is 20.0 Å². The zero-order valence-corrected chi connectivity index (χ0v) is 6.64. The largest absolute Gasteiger partial charge is 0.481 e. The fourth-order valence-corrected chi connectivity index (χ4v) is 0.701. The Morgan fingerprint density at radius 2 is 1.92 bits per heavy atom. The van der Waals surface area contributed by atoms with Gasteiger partial charge < -0.3 is 5.11 Å². The molecular weight excluding hydrogens is 166 g/mol. The lowest BCUT2D eigenvalue weighted by atomic mass is 10.2. The number of unbranched alkanes of at least 4 members (excludes halogenated alkanes) is 2. The summed E-state index contributed by atoms with van der Waals surface area (Å²) < 4.78 is 0. The first kappa shape index (κ1) is 11.3. The highest BCUT2D eigenvalue weighted by molar-refractivity contribution is 5.66. The Labute approximate surface area is 69.8 Å². The van der Waals surface area contributed by atoms with Crippen LogP contribution in [0, 0.1) is 0 Å². The number of aliphatic carboxylic acids is 1. The number of carbonyl (C=O) groups is 1. The molecule has 0 atom stereocenters. The van der Waals surface area contributed by atoms with Gasteiger partial charge in [-0.15, -0.1) is 0 Å². The lowest BCUT2D eigenvalue weighted by molar-refractivity contribution is -0.492. The topological polar surface area (TPSA) is 90.2 Å². The molecule has 6 heteroatoms. The van der Waals surface area contributed by atoms with Gasteiger partial charge in [-0.2, -0.15) is 0 Å². The van der Waals surface area contributed by atoms with Gasteiger partial charge in [0.05, 0.1) is 12.0 Å². The summed E-state index contributed by atoms with van der Waals surface area (Å²) in [4.78, 5) is 14.3. The number of carboxylic acids is 1. The highest BCUT2D eigenvalue weighted by Crippen LogP contribution is 1.99.